The summed E-state index contributed by atoms with van der Waals surface area (Å²) in [5.41, 5.74) is 0. The lowest BCUT2D eigenvalue weighted by molar-refractivity contribution is 0.412. The van der Waals surface area contributed by atoms with Crippen molar-refractivity contribution >= 4 is 27.5 Å². The zero-order valence-electron chi connectivity index (χ0n) is 7.90. The average molecular weight is 224 g/mol. The van der Waals surface area contributed by atoms with Gasteiger partial charge in [-0.05, 0) is 34.1 Å². The molecule has 0 saturated heterocycles. The van der Waals surface area contributed by atoms with Gasteiger partial charge < -0.3 is 4.74 Å². The maximum absolute atomic E-state index is 6.88. The zero-order chi connectivity index (χ0) is 10.1. The van der Waals surface area contributed by atoms with Crippen LogP contribution in [0.2, 0.25) is 5.02 Å². The molecule has 1 nitrogen and oxygen atoms in total. The molecule has 1 aromatic carbocycles. The summed E-state index contributed by atoms with van der Waals surface area (Å²) in [4.78, 5) is 0. The Bertz CT molecular complexity index is 313. The average Bonchev–Trinajstić information content (AvgIpc) is 1.94. The van der Waals surface area contributed by atoms with Crippen molar-refractivity contribution < 1.29 is 8.85 Å². The quantitative estimate of drug-likeness (QED) is 0.712. The zero-order valence-corrected chi connectivity index (χ0v) is 7.24. The van der Waals surface area contributed by atoms with Gasteiger partial charge in [-0.3, -0.25) is 0 Å². The molecule has 0 unspecified atom stereocenters. The number of rotatable bonds is 1. The first-order valence-corrected chi connectivity index (χ1v) is 3.70. The molecule has 0 N–H and O–H groups in total. The van der Waals surface area contributed by atoms with Gasteiger partial charge in [-0.15, -0.1) is 0 Å². The molecule has 54 valence electrons. The van der Waals surface area contributed by atoms with Gasteiger partial charge in [-0.1, -0.05) is 11.6 Å². The predicted octanol–water partition coefficient (Wildman–Crippen LogP) is 3.11. The third-order valence-corrected chi connectivity index (χ3v) is 1.89. The maximum atomic E-state index is 6.88. The summed E-state index contributed by atoms with van der Waals surface area (Å²) in [6, 6.07) is 4.71. The molecule has 0 spiro atoms. The molecule has 0 saturated carbocycles. The van der Waals surface area contributed by atoms with Crippen LogP contribution in [0.1, 0.15) is 4.11 Å². The summed E-state index contributed by atoms with van der Waals surface area (Å²) in [5, 5.41) is 0.433. The molecular formula is C7H6BrClO. The third kappa shape index (κ3) is 1.64. The van der Waals surface area contributed by atoms with E-state index in [-0.39, 0.29) is 5.75 Å². The Balaban J connectivity index is 2.94. The van der Waals surface area contributed by atoms with Crippen molar-refractivity contribution in [3.05, 3.63) is 27.7 Å². The maximum Gasteiger partial charge on any atom is 0.134 e. The highest BCUT2D eigenvalue weighted by molar-refractivity contribution is 9.10. The van der Waals surface area contributed by atoms with Crippen LogP contribution in [0.4, 0.5) is 0 Å². The summed E-state index contributed by atoms with van der Waals surface area (Å²) in [6.07, 6.45) is 0. The Kier molecular flexibility index (Phi) is 1.51. The van der Waals surface area contributed by atoms with Gasteiger partial charge in [0.1, 0.15) is 5.75 Å². The molecule has 0 amide bonds. The van der Waals surface area contributed by atoms with Gasteiger partial charge in [-0.25, -0.2) is 0 Å². The van der Waals surface area contributed by atoms with Crippen LogP contribution < -0.4 is 4.74 Å². The molecule has 3 heteroatoms. The Labute approximate surface area is 77.3 Å². The van der Waals surface area contributed by atoms with Crippen LogP contribution in [0, 0.1) is 0 Å². The molecule has 10 heavy (non-hydrogen) atoms. The van der Waals surface area contributed by atoms with E-state index in [9.17, 15) is 0 Å². The first-order valence-electron chi connectivity index (χ1n) is 4.02. The highest BCUT2D eigenvalue weighted by Crippen LogP contribution is 2.27. The largest absolute Gasteiger partial charge is 0.496 e. The van der Waals surface area contributed by atoms with Crippen molar-refractivity contribution in [2.24, 2.45) is 0 Å². The Hall–Kier alpha value is -0.210. The normalized spacial score (nSPS) is 15.2. The van der Waals surface area contributed by atoms with Crippen LogP contribution >= 0.6 is 27.5 Å². The number of halogens is 2. The van der Waals surface area contributed by atoms with Crippen molar-refractivity contribution in [1.29, 1.82) is 0 Å². The highest BCUT2D eigenvalue weighted by Gasteiger charge is 1.97. The second kappa shape index (κ2) is 3.26. The monoisotopic (exact) mass is 223 g/mol. The molecular weight excluding hydrogens is 215 g/mol. The standard InChI is InChI=1S/C7H6BrClO/c1-10-7-4-5(9)2-3-6(7)8/h2-4H,1H3/i1D3. The lowest BCUT2D eigenvalue weighted by atomic mass is 10.3. The van der Waals surface area contributed by atoms with Crippen molar-refractivity contribution in [2.75, 3.05) is 7.04 Å². The first kappa shape index (κ1) is 4.62. The van der Waals surface area contributed by atoms with Gasteiger partial charge in [0.15, 0.2) is 0 Å². The molecule has 1 aromatic rings. The van der Waals surface area contributed by atoms with E-state index in [0.717, 1.165) is 0 Å². The molecule has 0 fully saturated rings. The first-order chi connectivity index (χ1) is 5.88. The topological polar surface area (TPSA) is 9.23 Å². The summed E-state index contributed by atoms with van der Waals surface area (Å²) >= 11 is 8.81. The van der Waals surface area contributed by atoms with Crippen molar-refractivity contribution in [1.82, 2.24) is 0 Å². The fourth-order valence-corrected chi connectivity index (χ4v) is 1.05. The third-order valence-electron chi connectivity index (χ3n) is 1.00. The van der Waals surface area contributed by atoms with E-state index >= 15 is 0 Å². The van der Waals surface area contributed by atoms with Gasteiger partial charge in [0.05, 0.1) is 15.6 Å². The molecule has 0 aromatic heterocycles. The minimum Gasteiger partial charge on any atom is -0.496 e. The van der Waals surface area contributed by atoms with Gasteiger partial charge in [-0.2, -0.15) is 0 Å². The van der Waals surface area contributed by atoms with Crippen molar-refractivity contribution in [3.63, 3.8) is 0 Å². The van der Waals surface area contributed by atoms with Gasteiger partial charge >= 0.3 is 0 Å². The van der Waals surface area contributed by atoms with Crippen molar-refractivity contribution in [2.45, 2.75) is 0 Å². The van der Waals surface area contributed by atoms with Gasteiger partial charge in [0, 0.05) is 5.02 Å². The van der Waals surface area contributed by atoms with E-state index in [0.29, 0.717) is 9.50 Å². The molecule has 0 radical (unpaired) electrons. The lowest BCUT2D eigenvalue weighted by Gasteiger charge is -2.01. The van der Waals surface area contributed by atoms with Crippen LogP contribution in [-0.2, 0) is 0 Å². The molecule has 0 heterocycles. The van der Waals surface area contributed by atoms with Crippen molar-refractivity contribution in [3.8, 4) is 5.75 Å². The minimum absolute atomic E-state index is 0.215. The van der Waals surface area contributed by atoms with Crippen LogP contribution in [0.3, 0.4) is 0 Å². The summed E-state index contributed by atoms with van der Waals surface area (Å²) in [7, 11) is -2.45. The number of methoxy groups -OCH3 is 1. The molecule has 1 rings (SSSR count). The smallest absolute Gasteiger partial charge is 0.134 e. The predicted molar refractivity (Wildman–Crippen MR) is 45.7 cm³/mol. The molecule has 0 atom stereocenters. The van der Waals surface area contributed by atoms with E-state index < -0.39 is 7.04 Å². The van der Waals surface area contributed by atoms with Crippen LogP contribution in [0.15, 0.2) is 22.7 Å². The number of benzene rings is 1. The van der Waals surface area contributed by atoms with E-state index in [2.05, 4.69) is 20.7 Å². The Morgan fingerprint density at radius 1 is 1.70 bits per heavy atom. The van der Waals surface area contributed by atoms with Crippen LogP contribution in [-0.4, -0.2) is 7.04 Å². The van der Waals surface area contributed by atoms with E-state index in [1.54, 1.807) is 12.1 Å². The molecule has 0 aliphatic carbocycles. The Morgan fingerprint density at radius 2 is 2.50 bits per heavy atom. The van der Waals surface area contributed by atoms with Crippen LogP contribution in [0.25, 0.3) is 0 Å². The van der Waals surface area contributed by atoms with Gasteiger partial charge in [0.2, 0.25) is 0 Å². The Morgan fingerprint density at radius 3 is 3.20 bits per heavy atom. The minimum atomic E-state index is -2.45. The van der Waals surface area contributed by atoms with E-state index in [1.807, 2.05) is 0 Å². The lowest BCUT2D eigenvalue weighted by Crippen LogP contribution is -1.82. The van der Waals surface area contributed by atoms with Gasteiger partial charge in [0.25, 0.3) is 0 Å². The highest BCUT2D eigenvalue weighted by atomic mass is 79.9. The summed E-state index contributed by atoms with van der Waals surface area (Å²) < 4.78 is 25.9. The summed E-state index contributed by atoms with van der Waals surface area (Å²) in [5.74, 6) is 0.215. The number of ether oxygens (including phenoxy) is 1. The molecule has 0 aliphatic rings. The second-order valence-electron chi connectivity index (χ2n) is 1.68. The molecule has 0 aliphatic heterocycles. The fourth-order valence-electron chi connectivity index (χ4n) is 0.555. The second-order valence-corrected chi connectivity index (χ2v) is 2.97. The summed E-state index contributed by atoms with van der Waals surface area (Å²) in [6.45, 7) is 0. The SMILES string of the molecule is [2H]C([2H])([2H])Oc1cc(Cl)ccc1Br. The molecule has 0 bridgehead atoms. The van der Waals surface area contributed by atoms with Crippen LogP contribution in [0.5, 0.6) is 5.75 Å². The van der Waals surface area contributed by atoms with E-state index in [1.165, 1.54) is 6.07 Å². The fraction of sp³-hybridized carbons (Fsp3) is 0.143. The van der Waals surface area contributed by atoms with E-state index in [4.69, 9.17) is 15.7 Å². The number of hydrogen-bond acceptors (Lipinski definition) is 1. The number of hydrogen-bond donors (Lipinski definition) is 0.